The number of hydrogen-bond donors (Lipinski definition) is 2. The molecule has 0 aromatic rings. The van der Waals surface area contributed by atoms with Crippen LogP contribution in [0, 0.1) is 5.92 Å². The summed E-state index contributed by atoms with van der Waals surface area (Å²) in [6.45, 7) is 7.62. The first-order valence-corrected chi connectivity index (χ1v) is 9.32. The van der Waals surface area contributed by atoms with Gasteiger partial charge in [0.1, 0.15) is 5.60 Å². The Hall–Kier alpha value is -1.35. The molecule has 0 spiro atoms. The lowest BCUT2D eigenvalue weighted by Crippen LogP contribution is -2.47. The van der Waals surface area contributed by atoms with Crippen molar-refractivity contribution in [2.75, 3.05) is 18.8 Å². The molecule has 1 aliphatic heterocycles. The minimum Gasteiger partial charge on any atom is -0.444 e. The largest absolute Gasteiger partial charge is 0.444 e. The molecule has 0 unspecified atom stereocenters. The highest BCUT2D eigenvalue weighted by Gasteiger charge is 2.30. The van der Waals surface area contributed by atoms with Gasteiger partial charge in [0.15, 0.2) is 0 Å². The molecule has 2 amide bonds. The van der Waals surface area contributed by atoms with Crippen molar-refractivity contribution in [3.8, 4) is 0 Å². The van der Waals surface area contributed by atoms with E-state index in [1.807, 2.05) is 0 Å². The van der Waals surface area contributed by atoms with Crippen LogP contribution >= 0.6 is 0 Å². The molecule has 3 N–H and O–H groups in total. The van der Waals surface area contributed by atoms with Crippen molar-refractivity contribution >= 4 is 22.0 Å². The Morgan fingerprint density at radius 1 is 1.39 bits per heavy atom. The Labute approximate surface area is 137 Å². The monoisotopic (exact) mass is 349 g/mol. The molecule has 0 aromatic heterocycles. The average Bonchev–Trinajstić information content (AvgIpc) is 2.35. The van der Waals surface area contributed by atoms with Gasteiger partial charge in [0.25, 0.3) is 0 Å². The minimum absolute atomic E-state index is 0.149. The van der Waals surface area contributed by atoms with Gasteiger partial charge in [0.2, 0.25) is 15.9 Å². The molecule has 0 aliphatic carbocycles. The first-order valence-electron chi connectivity index (χ1n) is 7.67. The van der Waals surface area contributed by atoms with Crippen molar-refractivity contribution in [2.24, 2.45) is 11.7 Å². The van der Waals surface area contributed by atoms with Crippen LogP contribution in [0.25, 0.3) is 0 Å². The third-order valence-electron chi connectivity index (χ3n) is 3.41. The molecule has 0 radical (unpaired) electrons. The molecule has 0 saturated carbocycles. The van der Waals surface area contributed by atoms with Crippen molar-refractivity contribution in [1.29, 1.82) is 0 Å². The van der Waals surface area contributed by atoms with Gasteiger partial charge in [-0.3, -0.25) is 4.79 Å². The van der Waals surface area contributed by atoms with E-state index in [1.165, 1.54) is 11.8 Å². The molecule has 0 bridgehead atoms. The number of sulfonamides is 1. The molecule has 0 aromatic carbocycles. The highest BCUT2D eigenvalue weighted by atomic mass is 32.2. The van der Waals surface area contributed by atoms with Crippen LogP contribution in [0.2, 0.25) is 0 Å². The highest BCUT2D eigenvalue weighted by Crippen LogP contribution is 2.20. The summed E-state index contributed by atoms with van der Waals surface area (Å²) in [5.41, 5.74) is 4.47. The third-order valence-corrected chi connectivity index (χ3v) is 5.03. The summed E-state index contributed by atoms with van der Waals surface area (Å²) in [5.74, 6) is -1.08. The molecule has 134 valence electrons. The van der Waals surface area contributed by atoms with Gasteiger partial charge < -0.3 is 15.4 Å². The number of nitrogens with zero attached hydrogens (tertiary/aromatic N) is 1. The van der Waals surface area contributed by atoms with Crippen molar-refractivity contribution in [1.82, 2.24) is 9.62 Å². The van der Waals surface area contributed by atoms with Crippen LogP contribution in [0.5, 0.6) is 0 Å². The standard InChI is InChI=1S/C14H27N3O5S/c1-10(12(15)18)16-23(20,21)9-11-6-5-7-17(8-11)13(19)22-14(2,3)4/h10-11,16H,5-9H2,1-4H3,(H2,15,18)/t10-,11+/m0/s1. The van der Waals surface area contributed by atoms with E-state index in [9.17, 15) is 18.0 Å². The lowest BCUT2D eigenvalue weighted by atomic mass is 10.0. The second-order valence-corrected chi connectivity index (χ2v) is 8.76. The van der Waals surface area contributed by atoms with Gasteiger partial charge in [0.05, 0.1) is 11.8 Å². The quantitative estimate of drug-likeness (QED) is 0.746. The fourth-order valence-electron chi connectivity index (χ4n) is 2.38. The van der Waals surface area contributed by atoms with Crippen LogP contribution in [0.3, 0.4) is 0 Å². The van der Waals surface area contributed by atoms with E-state index in [1.54, 1.807) is 20.8 Å². The normalized spacial score (nSPS) is 20.9. The van der Waals surface area contributed by atoms with Crippen molar-refractivity contribution in [3.63, 3.8) is 0 Å². The van der Waals surface area contributed by atoms with Crippen LogP contribution < -0.4 is 10.5 Å². The number of nitrogens with one attached hydrogen (secondary N) is 1. The molecule has 1 saturated heterocycles. The summed E-state index contributed by atoms with van der Waals surface area (Å²) in [6, 6.07) is -0.953. The highest BCUT2D eigenvalue weighted by molar-refractivity contribution is 7.89. The van der Waals surface area contributed by atoms with Gasteiger partial charge in [-0.2, -0.15) is 0 Å². The summed E-state index contributed by atoms with van der Waals surface area (Å²) in [7, 11) is -3.64. The number of carbonyl (C=O) groups excluding carboxylic acids is 2. The summed E-state index contributed by atoms with van der Waals surface area (Å²) >= 11 is 0. The van der Waals surface area contributed by atoms with Crippen LogP contribution in [0.15, 0.2) is 0 Å². The van der Waals surface area contributed by atoms with E-state index >= 15 is 0 Å². The van der Waals surface area contributed by atoms with Crippen LogP contribution in [0.1, 0.15) is 40.5 Å². The lowest BCUT2D eigenvalue weighted by molar-refractivity contribution is -0.119. The maximum Gasteiger partial charge on any atom is 0.410 e. The van der Waals surface area contributed by atoms with Crippen LogP contribution in [-0.2, 0) is 19.6 Å². The maximum absolute atomic E-state index is 12.1. The number of rotatable bonds is 5. The average molecular weight is 349 g/mol. The number of amides is 2. The van der Waals surface area contributed by atoms with E-state index in [4.69, 9.17) is 10.5 Å². The number of primary amides is 1. The van der Waals surface area contributed by atoms with E-state index in [0.29, 0.717) is 25.9 Å². The van der Waals surface area contributed by atoms with Crippen LogP contribution in [-0.4, -0.2) is 55.8 Å². The van der Waals surface area contributed by atoms with Gasteiger partial charge in [-0.1, -0.05) is 0 Å². The number of carbonyl (C=O) groups is 2. The lowest BCUT2D eigenvalue weighted by Gasteiger charge is -2.34. The summed E-state index contributed by atoms with van der Waals surface area (Å²) in [6.07, 6.45) is 0.980. The molecule has 9 heteroatoms. The third kappa shape index (κ3) is 7.17. The number of nitrogens with two attached hydrogens (primary N) is 1. The minimum atomic E-state index is -3.64. The SMILES string of the molecule is C[C@H](NS(=O)(=O)C[C@@H]1CCCN(C(=O)OC(C)(C)C)C1)C(N)=O. The zero-order chi connectivity index (χ0) is 17.8. The number of likely N-dealkylation sites (tertiary alicyclic amines) is 1. The zero-order valence-electron chi connectivity index (χ0n) is 14.2. The topological polar surface area (TPSA) is 119 Å². The van der Waals surface area contributed by atoms with Gasteiger partial charge in [0, 0.05) is 13.1 Å². The second-order valence-electron chi connectivity index (χ2n) is 6.96. The van der Waals surface area contributed by atoms with Gasteiger partial charge >= 0.3 is 6.09 Å². The molecule has 8 nitrogen and oxygen atoms in total. The summed E-state index contributed by atoms with van der Waals surface area (Å²) < 4.78 is 31.7. The molecule has 2 atom stereocenters. The molecule has 1 rings (SSSR count). The molecule has 1 aliphatic rings. The second kappa shape index (κ2) is 7.48. The molecule has 1 heterocycles. The number of piperidine rings is 1. The molecule has 1 fully saturated rings. The Kier molecular flexibility index (Phi) is 6.41. The smallest absolute Gasteiger partial charge is 0.410 e. The molecule has 23 heavy (non-hydrogen) atoms. The predicted octanol–water partition coefficient (Wildman–Crippen LogP) is 0.427. The van der Waals surface area contributed by atoms with Crippen molar-refractivity contribution < 1.29 is 22.7 Å². The molecular weight excluding hydrogens is 322 g/mol. The van der Waals surface area contributed by atoms with Crippen molar-refractivity contribution in [2.45, 2.75) is 52.2 Å². The fraction of sp³-hybridized carbons (Fsp3) is 0.857. The summed E-state index contributed by atoms with van der Waals surface area (Å²) in [5, 5.41) is 0. The van der Waals surface area contributed by atoms with E-state index in [-0.39, 0.29) is 11.7 Å². The fourth-order valence-corrected chi connectivity index (χ4v) is 4.02. The first-order chi connectivity index (χ1) is 10.4. The van der Waals surface area contributed by atoms with Gasteiger partial charge in [-0.25, -0.2) is 17.9 Å². The van der Waals surface area contributed by atoms with E-state index in [0.717, 1.165) is 0 Å². The molecular formula is C14H27N3O5S. The van der Waals surface area contributed by atoms with Gasteiger partial charge in [-0.05, 0) is 46.5 Å². The van der Waals surface area contributed by atoms with Crippen molar-refractivity contribution in [3.05, 3.63) is 0 Å². The first kappa shape index (κ1) is 19.7. The Balaban J connectivity index is 2.61. The van der Waals surface area contributed by atoms with E-state index < -0.39 is 33.7 Å². The van der Waals surface area contributed by atoms with E-state index in [2.05, 4.69) is 4.72 Å². The number of hydrogen-bond acceptors (Lipinski definition) is 5. The Morgan fingerprint density at radius 3 is 2.52 bits per heavy atom. The Morgan fingerprint density at radius 2 is 2.00 bits per heavy atom. The maximum atomic E-state index is 12.1. The van der Waals surface area contributed by atoms with Crippen LogP contribution in [0.4, 0.5) is 4.79 Å². The van der Waals surface area contributed by atoms with Gasteiger partial charge in [-0.15, -0.1) is 0 Å². The summed E-state index contributed by atoms with van der Waals surface area (Å²) in [4.78, 5) is 24.6. The number of ether oxygens (including phenoxy) is 1. The Bertz CT molecular complexity index is 541. The zero-order valence-corrected chi connectivity index (χ0v) is 15.0. The predicted molar refractivity (Wildman–Crippen MR) is 86.1 cm³/mol.